The van der Waals surface area contributed by atoms with Crippen molar-refractivity contribution in [3.63, 3.8) is 0 Å². The summed E-state index contributed by atoms with van der Waals surface area (Å²) in [5.41, 5.74) is 2.68. The fraction of sp³-hybridized carbons (Fsp3) is 0.0625. The molecule has 0 radical (unpaired) electrons. The van der Waals surface area contributed by atoms with Gasteiger partial charge in [0.2, 0.25) is 15.7 Å². The van der Waals surface area contributed by atoms with Gasteiger partial charge in [0.15, 0.2) is 0 Å². The molecular weight excluding hydrogens is 376 g/mol. The third-order valence-corrected chi connectivity index (χ3v) is 5.55. The molecule has 0 aliphatic rings. The molecule has 8 nitrogen and oxygen atoms in total. The number of primary sulfonamides is 1. The zero-order valence-electron chi connectivity index (χ0n) is 13.3. The van der Waals surface area contributed by atoms with Crippen LogP contribution in [0.1, 0.15) is 16.1 Å². The Morgan fingerprint density at radius 3 is 2.19 bits per heavy atom. The van der Waals surface area contributed by atoms with Crippen molar-refractivity contribution >= 4 is 27.8 Å². The molecule has 2 aromatic carbocycles. The lowest BCUT2D eigenvalue weighted by Crippen LogP contribution is -2.11. The molecule has 0 saturated carbocycles. The maximum absolute atomic E-state index is 11.3. The summed E-state index contributed by atoms with van der Waals surface area (Å²) in [4.78, 5) is 11.1. The van der Waals surface area contributed by atoms with Crippen LogP contribution in [0.4, 0.5) is 0 Å². The van der Waals surface area contributed by atoms with Crippen LogP contribution in [0.3, 0.4) is 0 Å². The second-order valence-electron chi connectivity index (χ2n) is 5.35. The van der Waals surface area contributed by atoms with Gasteiger partial charge in [0, 0.05) is 5.75 Å². The molecule has 0 unspecified atom stereocenters. The molecule has 4 N–H and O–H groups in total. The van der Waals surface area contributed by atoms with Crippen molar-refractivity contribution in [2.45, 2.75) is 15.7 Å². The monoisotopic (exact) mass is 390 g/mol. The number of thioether (sulfide) groups is 1. The maximum Gasteiger partial charge on any atom is 0.359 e. The van der Waals surface area contributed by atoms with Crippen LogP contribution < -0.4 is 5.14 Å². The molecular formula is C16H14N4O4S2. The summed E-state index contributed by atoms with van der Waals surface area (Å²) in [6, 6.07) is 14.0. The smallest absolute Gasteiger partial charge is 0.359 e. The molecule has 1 aromatic heterocycles. The number of nitrogens with zero attached hydrogens (tertiary/aromatic N) is 2. The molecule has 0 saturated heterocycles. The number of nitrogens with two attached hydrogens (primary N) is 1. The molecule has 0 amide bonds. The summed E-state index contributed by atoms with van der Waals surface area (Å²) < 4.78 is 22.6. The lowest BCUT2D eigenvalue weighted by atomic mass is 10.0. The number of carboxylic acid groups (broad SMARTS) is 1. The normalized spacial score (nSPS) is 11.4. The van der Waals surface area contributed by atoms with Gasteiger partial charge in [-0.1, -0.05) is 53.4 Å². The Bertz CT molecular complexity index is 1030. The van der Waals surface area contributed by atoms with Gasteiger partial charge in [-0.05, 0) is 28.8 Å². The highest BCUT2D eigenvalue weighted by atomic mass is 32.2. The molecule has 0 aliphatic carbocycles. The van der Waals surface area contributed by atoms with Crippen LogP contribution >= 0.6 is 11.8 Å². The van der Waals surface area contributed by atoms with E-state index in [0.717, 1.165) is 16.7 Å². The van der Waals surface area contributed by atoms with Gasteiger partial charge in [-0.3, -0.25) is 5.10 Å². The van der Waals surface area contributed by atoms with E-state index in [2.05, 4.69) is 15.4 Å². The summed E-state index contributed by atoms with van der Waals surface area (Å²) in [5.74, 6) is -0.575. The van der Waals surface area contributed by atoms with Gasteiger partial charge in [-0.15, -0.1) is 5.10 Å². The Kier molecular flexibility index (Phi) is 5.07. The van der Waals surface area contributed by atoms with Crippen molar-refractivity contribution in [2.75, 3.05) is 0 Å². The van der Waals surface area contributed by atoms with Crippen LogP contribution in [0.15, 0.2) is 58.5 Å². The van der Waals surface area contributed by atoms with Crippen molar-refractivity contribution in [1.29, 1.82) is 0 Å². The van der Waals surface area contributed by atoms with Gasteiger partial charge in [-0.25, -0.2) is 18.4 Å². The molecule has 0 aliphatic heterocycles. The first kappa shape index (κ1) is 18.1. The minimum absolute atomic E-state index is 0.0664. The van der Waals surface area contributed by atoms with Crippen LogP contribution in [0.2, 0.25) is 0 Å². The third-order valence-electron chi connectivity index (χ3n) is 3.57. The first-order valence-electron chi connectivity index (χ1n) is 7.34. The number of aromatic carboxylic acids is 1. The summed E-state index contributed by atoms with van der Waals surface area (Å²) in [6.07, 6.45) is 0. The van der Waals surface area contributed by atoms with E-state index in [0.29, 0.717) is 10.8 Å². The number of hydrogen-bond acceptors (Lipinski definition) is 6. The van der Waals surface area contributed by atoms with E-state index in [-0.39, 0.29) is 10.6 Å². The molecule has 0 atom stereocenters. The van der Waals surface area contributed by atoms with E-state index < -0.39 is 16.0 Å². The van der Waals surface area contributed by atoms with Crippen molar-refractivity contribution < 1.29 is 18.3 Å². The predicted octanol–water partition coefficient (Wildman–Crippen LogP) is 2.11. The molecule has 134 valence electrons. The first-order valence-corrected chi connectivity index (χ1v) is 9.87. The highest BCUT2D eigenvalue weighted by molar-refractivity contribution is 7.98. The highest BCUT2D eigenvalue weighted by Crippen LogP contribution is 2.26. The molecule has 3 rings (SSSR count). The number of carbonyl (C=O) groups is 1. The van der Waals surface area contributed by atoms with E-state index in [1.54, 1.807) is 12.1 Å². The number of benzene rings is 2. The number of aromatic amines is 1. The zero-order valence-corrected chi connectivity index (χ0v) is 14.9. The van der Waals surface area contributed by atoms with E-state index in [4.69, 9.17) is 10.2 Å². The minimum atomic E-state index is -3.70. The Balaban J connectivity index is 1.70. The van der Waals surface area contributed by atoms with Crippen LogP contribution in [0.5, 0.6) is 0 Å². The van der Waals surface area contributed by atoms with E-state index in [1.807, 2.05) is 24.3 Å². The van der Waals surface area contributed by atoms with Gasteiger partial charge in [0.05, 0.1) is 4.90 Å². The summed E-state index contributed by atoms with van der Waals surface area (Å²) in [7, 11) is -3.70. The Hall–Kier alpha value is -2.69. The van der Waals surface area contributed by atoms with Crippen LogP contribution in [0.25, 0.3) is 11.1 Å². The van der Waals surface area contributed by atoms with Gasteiger partial charge >= 0.3 is 5.97 Å². The van der Waals surface area contributed by atoms with Crippen LogP contribution in [-0.4, -0.2) is 34.9 Å². The predicted molar refractivity (Wildman–Crippen MR) is 96.2 cm³/mol. The standard InChI is InChI=1S/C16H14N4O4S2/c17-26(23,24)13-7-5-12(6-8-13)11-3-1-10(2-4-11)9-25-15-14(16(21)22)18-20-19-15/h1-8H,9H2,(H,21,22)(H2,17,23,24)(H,18,19,20). The molecule has 0 fully saturated rings. The van der Waals surface area contributed by atoms with Crippen molar-refractivity contribution in [1.82, 2.24) is 15.4 Å². The third kappa shape index (κ3) is 4.10. The lowest BCUT2D eigenvalue weighted by Gasteiger charge is -2.05. The highest BCUT2D eigenvalue weighted by Gasteiger charge is 2.15. The SMILES string of the molecule is NS(=O)(=O)c1ccc(-c2ccc(CSc3[nH]nnc3C(=O)O)cc2)cc1. The molecule has 3 aromatic rings. The largest absolute Gasteiger partial charge is 0.476 e. The number of sulfonamides is 1. The summed E-state index contributed by atoms with van der Waals surface area (Å²) >= 11 is 1.30. The number of aromatic nitrogens is 3. The molecule has 1 heterocycles. The summed E-state index contributed by atoms with van der Waals surface area (Å²) in [5, 5.41) is 24.1. The Morgan fingerprint density at radius 1 is 1.08 bits per heavy atom. The quantitative estimate of drug-likeness (QED) is 0.548. The number of rotatable bonds is 6. The van der Waals surface area contributed by atoms with Gasteiger partial charge in [0.1, 0.15) is 5.03 Å². The molecule has 26 heavy (non-hydrogen) atoms. The number of carboxylic acids is 1. The van der Waals surface area contributed by atoms with E-state index in [9.17, 15) is 13.2 Å². The van der Waals surface area contributed by atoms with Crippen LogP contribution in [-0.2, 0) is 15.8 Å². The van der Waals surface area contributed by atoms with E-state index in [1.165, 1.54) is 23.9 Å². The minimum Gasteiger partial charge on any atom is -0.476 e. The second kappa shape index (κ2) is 7.28. The number of H-pyrrole nitrogens is 1. The fourth-order valence-electron chi connectivity index (χ4n) is 2.25. The van der Waals surface area contributed by atoms with E-state index >= 15 is 0 Å². The van der Waals surface area contributed by atoms with Crippen molar-refractivity contribution in [3.05, 3.63) is 59.8 Å². The second-order valence-corrected chi connectivity index (χ2v) is 7.90. The average Bonchev–Trinajstić information content (AvgIpc) is 3.09. The Labute approximate surface area is 153 Å². The van der Waals surface area contributed by atoms with Crippen molar-refractivity contribution in [3.8, 4) is 11.1 Å². The van der Waals surface area contributed by atoms with Gasteiger partial charge in [0.25, 0.3) is 0 Å². The maximum atomic E-state index is 11.3. The lowest BCUT2D eigenvalue weighted by molar-refractivity contribution is 0.0686. The Morgan fingerprint density at radius 2 is 1.65 bits per heavy atom. The number of nitrogens with one attached hydrogen (secondary N) is 1. The van der Waals surface area contributed by atoms with Crippen LogP contribution in [0, 0.1) is 0 Å². The molecule has 10 heteroatoms. The topological polar surface area (TPSA) is 139 Å². The summed E-state index contributed by atoms with van der Waals surface area (Å²) in [6.45, 7) is 0. The number of hydrogen-bond donors (Lipinski definition) is 3. The fourth-order valence-corrected chi connectivity index (χ4v) is 3.63. The van der Waals surface area contributed by atoms with Gasteiger partial charge < -0.3 is 5.11 Å². The zero-order chi connectivity index (χ0) is 18.7. The average molecular weight is 390 g/mol. The molecule has 0 bridgehead atoms. The first-order chi connectivity index (χ1) is 12.3. The van der Waals surface area contributed by atoms with Gasteiger partial charge in [-0.2, -0.15) is 0 Å². The molecule has 0 spiro atoms. The van der Waals surface area contributed by atoms with Crippen molar-refractivity contribution in [2.24, 2.45) is 5.14 Å².